The van der Waals surface area contributed by atoms with Crippen molar-refractivity contribution in [2.45, 2.75) is 24.7 Å². The van der Waals surface area contributed by atoms with Crippen LogP contribution in [0.25, 0.3) is 0 Å². The largest absolute Gasteiger partial charge is 0.455 e. The standard InChI is InChI=1S/C20H19ClN2O4/c21-15-6-4-14(5-7-15)20(10-1-11-20)19(26)27-12-17(24)23-16-8-2-13(3-9-16)18(22)25/h2-9H,1,10-12H2,(H2,22,25)(H,23,24). The number of nitrogens with two attached hydrogens (primary N) is 1. The van der Waals surface area contributed by atoms with Gasteiger partial charge >= 0.3 is 5.97 Å². The number of halogens is 1. The number of primary amides is 1. The first-order chi connectivity index (χ1) is 12.9. The SMILES string of the molecule is NC(=O)c1ccc(NC(=O)COC(=O)C2(c3ccc(Cl)cc3)CCC2)cc1. The van der Waals surface area contributed by atoms with Gasteiger partial charge < -0.3 is 15.8 Å². The Labute approximate surface area is 161 Å². The molecule has 2 aromatic carbocycles. The first kappa shape index (κ1) is 18.9. The molecule has 0 atom stereocenters. The van der Waals surface area contributed by atoms with E-state index in [2.05, 4.69) is 5.32 Å². The maximum atomic E-state index is 12.6. The van der Waals surface area contributed by atoms with Crippen molar-refractivity contribution in [3.8, 4) is 0 Å². The van der Waals surface area contributed by atoms with E-state index in [1.54, 1.807) is 24.3 Å². The van der Waals surface area contributed by atoms with Crippen LogP contribution in [0.15, 0.2) is 48.5 Å². The maximum absolute atomic E-state index is 12.6. The number of hydrogen-bond acceptors (Lipinski definition) is 4. The zero-order valence-corrected chi connectivity index (χ0v) is 15.3. The molecule has 0 spiro atoms. The second-order valence-corrected chi connectivity index (χ2v) is 6.94. The number of rotatable bonds is 6. The summed E-state index contributed by atoms with van der Waals surface area (Å²) in [5, 5.41) is 3.21. The molecule has 0 aliphatic heterocycles. The molecule has 3 rings (SSSR count). The Kier molecular flexibility index (Phi) is 5.46. The van der Waals surface area contributed by atoms with Crippen LogP contribution in [0, 0.1) is 0 Å². The van der Waals surface area contributed by atoms with E-state index in [-0.39, 0.29) is 6.61 Å². The smallest absolute Gasteiger partial charge is 0.317 e. The molecule has 1 fully saturated rings. The molecule has 2 aromatic rings. The molecule has 0 unspecified atom stereocenters. The predicted octanol–water partition coefficient (Wildman–Crippen LogP) is 3.04. The van der Waals surface area contributed by atoms with E-state index in [0.717, 1.165) is 12.0 Å². The van der Waals surface area contributed by atoms with Crippen molar-refractivity contribution in [1.82, 2.24) is 0 Å². The Hall–Kier alpha value is -2.86. The van der Waals surface area contributed by atoms with Crippen LogP contribution >= 0.6 is 11.6 Å². The van der Waals surface area contributed by atoms with E-state index in [1.807, 2.05) is 12.1 Å². The number of amides is 2. The Morgan fingerprint density at radius 1 is 1.04 bits per heavy atom. The molecule has 2 amide bonds. The van der Waals surface area contributed by atoms with Crippen molar-refractivity contribution in [1.29, 1.82) is 0 Å². The minimum absolute atomic E-state index is 0.342. The molecule has 1 saturated carbocycles. The molecule has 0 aromatic heterocycles. The van der Waals surface area contributed by atoms with Crippen molar-refractivity contribution in [2.24, 2.45) is 5.73 Å². The topological polar surface area (TPSA) is 98.5 Å². The number of anilines is 1. The predicted molar refractivity (Wildman–Crippen MR) is 102 cm³/mol. The quantitative estimate of drug-likeness (QED) is 0.745. The molecule has 0 saturated heterocycles. The Balaban J connectivity index is 1.58. The van der Waals surface area contributed by atoms with E-state index in [9.17, 15) is 14.4 Å². The van der Waals surface area contributed by atoms with E-state index in [4.69, 9.17) is 22.1 Å². The third kappa shape index (κ3) is 4.11. The van der Waals surface area contributed by atoms with Crippen LogP contribution in [0.5, 0.6) is 0 Å². The van der Waals surface area contributed by atoms with Gasteiger partial charge in [0.05, 0.1) is 5.41 Å². The molecule has 0 heterocycles. The van der Waals surface area contributed by atoms with Gasteiger partial charge in [0.1, 0.15) is 0 Å². The summed E-state index contributed by atoms with van der Waals surface area (Å²) in [6.45, 7) is -0.383. The first-order valence-corrected chi connectivity index (χ1v) is 8.91. The molecular weight excluding hydrogens is 368 g/mol. The number of esters is 1. The average molecular weight is 387 g/mol. The third-order valence-electron chi connectivity index (χ3n) is 4.78. The number of carbonyl (C=O) groups is 3. The Morgan fingerprint density at radius 2 is 1.67 bits per heavy atom. The lowest BCUT2D eigenvalue weighted by atomic mass is 9.64. The average Bonchev–Trinajstić information content (AvgIpc) is 2.61. The van der Waals surface area contributed by atoms with Crippen LogP contribution in [0.3, 0.4) is 0 Å². The fourth-order valence-corrected chi connectivity index (χ4v) is 3.22. The summed E-state index contributed by atoms with van der Waals surface area (Å²) in [5.74, 6) is -1.41. The van der Waals surface area contributed by atoms with Crippen LogP contribution in [-0.2, 0) is 19.7 Å². The van der Waals surface area contributed by atoms with Gasteiger partial charge in [-0.3, -0.25) is 14.4 Å². The van der Waals surface area contributed by atoms with Gasteiger partial charge in [0.15, 0.2) is 6.61 Å². The van der Waals surface area contributed by atoms with Crippen molar-refractivity contribution in [3.63, 3.8) is 0 Å². The van der Waals surface area contributed by atoms with Gasteiger partial charge in [0.25, 0.3) is 5.91 Å². The number of carbonyl (C=O) groups excluding carboxylic acids is 3. The monoisotopic (exact) mass is 386 g/mol. The summed E-state index contributed by atoms with van der Waals surface area (Å²) in [4.78, 5) is 35.7. The molecule has 1 aliphatic carbocycles. The second kappa shape index (κ2) is 7.80. The fourth-order valence-electron chi connectivity index (χ4n) is 3.09. The Morgan fingerprint density at radius 3 is 2.19 bits per heavy atom. The highest BCUT2D eigenvalue weighted by molar-refractivity contribution is 6.30. The van der Waals surface area contributed by atoms with E-state index in [0.29, 0.717) is 29.1 Å². The van der Waals surface area contributed by atoms with Gasteiger partial charge in [0, 0.05) is 16.3 Å². The lowest BCUT2D eigenvalue weighted by molar-refractivity contribution is -0.156. The van der Waals surface area contributed by atoms with Gasteiger partial charge in [-0.1, -0.05) is 30.2 Å². The number of ether oxygens (including phenoxy) is 1. The van der Waals surface area contributed by atoms with Crippen molar-refractivity contribution in [2.75, 3.05) is 11.9 Å². The molecule has 6 nitrogen and oxygen atoms in total. The highest BCUT2D eigenvalue weighted by Gasteiger charge is 2.47. The van der Waals surface area contributed by atoms with Crippen molar-refractivity contribution in [3.05, 3.63) is 64.7 Å². The molecule has 0 bridgehead atoms. The van der Waals surface area contributed by atoms with Gasteiger partial charge in [-0.05, 0) is 54.8 Å². The molecule has 140 valence electrons. The summed E-state index contributed by atoms with van der Waals surface area (Å²) in [6.07, 6.45) is 2.30. The number of hydrogen-bond donors (Lipinski definition) is 2. The van der Waals surface area contributed by atoms with Gasteiger partial charge in [-0.2, -0.15) is 0 Å². The number of nitrogens with one attached hydrogen (secondary N) is 1. The molecule has 0 radical (unpaired) electrons. The molecular formula is C20H19ClN2O4. The van der Waals surface area contributed by atoms with Crippen LogP contribution < -0.4 is 11.1 Å². The maximum Gasteiger partial charge on any atom is 0.317 e. The summed E-state index contributed by atoms with van der Waals surface area (Å²) in [6, 6.07) is 13.3. The van der Waals surface area contributed by atoms with Gasteiger partial charge in [-0.25, -0.2) is 0 Å². The highest BCUT2D eigenvalue weighted by atomic mass is 35.5. The van der Waals surface area contributed by atoms with Crippen molar-refractivity contribution >= 4 is 35.1 Å². The summed E-state index contributed by atoms with van der Waals surface area (Å²) in [7, 11) is 0. The normalized spacial score (nSPS) is 14.7. The lowest BCUT2D eigenvalue weighted by Crippen LogP contribution is -2.44. The summed E-state index contributed by atoms with van der Waals surface area (Å²) < 4.78 is 5.27. The summed E-state index contributed by atoms with van der Waals surface area (Å²) >= 11 is 5.91. The van der Waals surface area contributed by atoms with Gasteiger partial charge in [-0.15, -0.1) is 0 Å². The van der Waals surface area contributed by atoms with Crippen LogP contribution in [0.2, 0.25) is 5.02 Å². The second-order valence-electron chi connectivity index (χ2n) is 6.51. The third-order valence-corrected chi connectivity index (χ3v) is 5.03. The van der Waals surface area contributed by atoms with E-state index in [1.165, 1.54) is 12.1 Å². The van der Waals surface area contributed by atoms with Crippen LogP contribution in [0.4, 0.5) is 5.69 Å². The lowest BCUT2D eigenvalue weighted by Gasteiger charge is -2.39. The van der Waals surface area contributed by atoms with Crippen molar-refractivity contribution < 1.29 is 19.1 Å². The van der Waals surface area contributed by atoms with E-state index >= 15 is 0 Å². The first-order valence-electron chi connectivity index (χ1n) is 8.54. The van der Waals surface area contributed by atoms with E-state index < -0.39 is 23.2 Å². The minimum Gasteiger partial charge on any atom is -0.455 e. The number of benzene rings is 2. The van der Waals surface area contributed by atoms with Crippen LogP contribution in [0.1, 0.15) is 35.2 Å². The van der Waals surface area contributed by atoms with Gasteiger partial charge in [0.2, 0.25) is 5.91 Å². The Bertz CT molecular complexity index is 859. The zero-order chi connectivity index (χ0) is 19.4. The zero-order valence-electron chi connectivity index (χ0n) is 14.5. The molecule has 7 heteroatoms. The minimum atomic E-state index is -0.700. The highest BCUT2D eigenvalue weighted by Crippen LogP contribution is 2.45. The summed E-state index contributed by atoms with van der Waals surface area (Å²) in [5.41, 5.74) is 6.15. The van der Waals surface area contributed by atoms with Crippen LogP contribution in [-0.4, -0.2) is 24.4 Å². The molecule has 1 aliphatic rings. The molecule has 27 heavy (non-hydrogen) atoms. The molecule has 3 N–H and O–H groups in total. The fraction of sp³-hybridized carbons (Fsp3) is 0.250.